The summed E-state index contributed by atoms with van der Waals surface area (Å²) < 4.78 is 1.90. The van der Waals surface area contributed by atoms with Crippen LogP contribution in [0.5, 0.6) is 0 Å². The van der Waals surface area contributed by atoms with Gasteiger partial charge in [0.1, 0.15) is 17.7 Å². The van der Waals surface area contributed by atoms with Crippen molar-refractivity contribution in [1.82, 2.24) is 34.3 Å². The maximum Gasteiger partial charge on any atom is 0.163 e. The van der Waals surface area contributed by atoms with E-state index in [1.54, 1.807) is 25.0 Å². The molecule has 8 heteroatoms. The molecule has 8 nitrogen and oxygen atoms in total. The van der Waals surface area contributed by atoms with Crippen molar-refractivity contribution in [2.24, 2.45) is 0 Å². The number of aromatic nitrogens is 5. The third-order valence-corrected chi connectivity index (χ3v) is 7.23. The largest absolute Gasteiger partial charge is 0.390 e. The number of pyridine rings is 1. The van der Waals surface area contributed by atoms with E-state index in [9.17, 15) is 5.11 Å². The van der Waals surface area contributed by atoms with Gasteiger partial charge in [-0.2, -0.15) is 0 Å². The summed E-state index contributed by atoms with van der Waals surface area (Å²) in [6, 6.07) is 25.5. The predicted molar refractivity (Wildman–Crippen MR) is 146 cm³/mol. The van der Waals surface area contributed by atoms with E-state index in [0.29, 0.717) is 13.1 Å². The van der Waals surface area contributed by atoms with Gasteiger partial charge in [-0.3, -0.25) is 14.8 Å². The first-order valence-electron chi connectivity index (χ1n) is 13.1. The standard InChI is InChI=1S/C30H31N7O/c38-26(20-37-22-34-27(23-11-13-31-14-12-23)28-30(37)33-21-32-28)19-35-15-17-36(18-16-35)29(24-7-3-1-4-8-24)25-9-5-2-6-10-25/h1-14,21-22,26,29,38H,15-20H2/t26-/m0/s1. The summed E-state index contributed by atoms with van der Waals surface area (Å²) in [4.78, 5) is 22.5. The molecule has 3 aliphatic heterocycles. The fourth-order valence-electron chi connectivity index (χ4n) is 5.41. The molecule has 1 atom stereocenters. The van der Waals surface area contributed by atoms with Crippen molar-refractivity contribution in [3.8, 4) is 22.8 Å². The fraction of sp³-hybridized carbons (Fsp3) is 0.267. The second kappa shape index (κ2) is 11.2. The van der Waals surface area contributed by atoms with E-state index < -0.39 is 6.10 Å². The predicted octanol–water partition coefficient (Wildman–Crippen LogP) is 3.61. The number of β-amino-alcohol motifs (C(OH)–C–C–N with tert-alkyl or cyclic N) is 1. The van der Waals surface area contributed by atoms with Crippen molar-refractivity contribution in [3.05, 3.63) is 109 Å². The molecular weight excluding hydrogens is 474 g/mol. The Morgan fingerprint density at radius 1 is 0.711 bits per heavy atom. The van der Waals surface area contributed by atoms with Crippen LogP contribution in [-0.2, 0) is 6.54 Å². The van der Waals surface area contributed by atoms with Gasteiger partial charge in [-0.15, -0.1) is 0 Å². The van der Waals surface area contributed by atoms with Crippen molar-refractivity contribution in [2.75, 3.05) is 32.7 Å². The Kier molecular flexibility index (Phi) is 7.17. The minimum atomic E-state index is -0.543. The normalized spacial score (nSPS) is 15.7. The van der Waals surface area contributed by atoms with Crippen LogP contribution in [0.4, 0.5) is 0 Å². The number of hydrogen-bond acceptors (Lipinski definition) is 7. The third-order valence-electron chi connectivity index (χ3n) is 7.23. The molecule has 192 valence electrons. The van der Waals surface area contributed by atoms with Crippen molar-refractivity contribution < 1.29 is 5.11 Å². The lowest BCUT2D eigenvalue weighted by molar-refractivity contribution is 0.0555. The Morgan fingerprint density at radius 3 is 2.03 bits per heavy atom. The van der Waals surface area contributed by atoms with Crippen LogP contribution in [0.3, 0.4) is 0 Å². The average molecular weight is 506 g/mol. The molecule has 0 bridgehead atoms. The van der Waals surface area contributed by atoms with Gasteiger partial charge < -0.3 is 9.67 Å². The molecule has 3 aromatic rings. The molecule has 1 aromatic heterocycles. The third kappa shape index (κ3) is 5.19. The molecule has 38 heavy (non-hydrogen) atoms. The van der Waals surface area contributed by atoms with Crippen LogP contribution >= 0.6 is 0 Å². The molecular formula is C30H31N7O. The summed E-state index contributed by atoms with van der Waals surface area (Å²) in [5.74, 6) is 0.726. The molecule has 1 N–H and O–H groups in total. The molecule has 6 rings (SSSR count). The van der Waals surface area contributed by atoms with E-state index in [1.807, 2.05) is 16.7 Å². The highest BCUT2D eigenvalue weighted by atomic mass is 16.3. The van der Waals surface area contributed by atoms with Gasteiger partial charge in [0.25, 0.3) is 0 Å². The van der Waals surface area contributed by atoms with Gasteiger partial charge in [-0.1, -0.05) is 60.7 Å². The lowest BCUT2D eigenvalue weighted by Crippen LogP contribution is -2.50. The van der Waals surface area contributed by atoms with E-state index in [2.05, 4.69) is 90.4 Å². The molecule has 0 radical (unpaired) electrons. The van der Waals surface area contributed by atoms with Crippen molar-refractivity contribution in [1.29, 1.82) is 0 Å². The molecule has 3 aliphatic rings. The minimum Gasteiger partial charge on any atom is -0.390 e. The van der Waals surface area contributed by atoms with Crippen LogP contribution < -0.4 is 0 Å². The van der Waals surface area contributed by atoms with Crippen LogP contribution in [0, 0.1) is 0 Å². The zero-order valence-corrected chi connectivity index (χ0v) is 21.2. The van der Waals surface area contributed by atoms with Crippen LogP contribution in [0.25, 0.3) is 22.8 Å². The summed E-state index contributed by atoms with van der Waals surface area (Å²) in [7, 11) is 0. The first-order valence-corrected chi connectivity index (χ1v) is 13.1. The summed E-state index contributed by atoms with van der Waals surface area (Å²) in [5, 5.41) is 11.0. The molecule has 0 spiro atoms. The van der Waals surface area contributed by atoms with E-state index >= 15 is 0 Å². The summed E-state index contributed by atoms with van der Waals surface area (Å²) in [6.07, 6.45) is 6.24. The SMILES string of the molecule is O[C@@H](CN1CCN(C(c2ccccc2)c2ccccc2)CC1)Cn1cnc(-c2ccncc2)c2ncnc1-2. The lowest BCUT2D eigenvalue weighted by Gasteiger charge is -2.40. The molecule has 0 amide bonds. The number of hydrogen-bond donors (Lipinski definition) is 1. The summed E-state index contributed by atoms with van der Waals surface area (Å²) in [6.45, 7) is 4.70. The second-order valence-corrected chi connectivity index (χ2v) is 9.74. The maximum absolute atomic E-state index is 11.0. The van der Waals surface area contributed by atoms with E-state index in [4.69, 9.17) is 0 Å². The number of aliphatic hydroxyl groups is 1. The molecule has 0 saturated carbocycles. The van der Waals surface area contributed by atoms with E-state index in [0.717, 1.165) is 49.0 Å². The highest BCUT2D eigenvalue weighted by molar-refractivity contribution is 5.74. The fourth-order valence-corrected chi connectivity index (χ4v) is 5.41. The Labute approximate surface area is 222 Å². The van der Waals surface area contributed by atoms with Gasteiger partial charge in [0, 0.05) is 50.7 Å². The van der Waals surface area contributed by atoms with Gasteiger partial charge in [0.05, 0.1) is 25.0 Å². The number of aliphatic hydroxyl groups excluding tert-OH is 1. The number of benzene rings is 2. The second-order valence-electron chi connectivity index (χ2n) is 9.74. The van der Waals surface area contributed by atoms with Crippen molar-refractivity contribution in [2.45, 2.75) is 18.7 Å². The number of rotatable bonds is 8. The average Bonchev–Trinajstić information content (AvgIpc) is 3.47. The first-order chi connectivity index (χ1) is 18.8. The van der Waals surface area contributed by atoms with Crippen molar-refractivity contribution in [3.63, 3.8) is 0 Å². The number of piperazine rings is 1. The summed E-state index contributed by atoms with van der Waals surface area (Å²) >= 11 is 0. The number of imidazole rings is 1. The lowest BCUT2D eigenvalue weighted by atomic mass is 9.96. The quantitative estimate of drug-likeness (QED) is 0.345. The smallest absolute Gasteiger partial charge is 0.163 e. The van der Waals surface area contributed by atoms with Gasteiger partial charge in [-0.25, -0.2) is 15.0 Å². The van der Waals surface area contributed by atoms with Crippen LogP contribution in [0.2, 0.25) is 0 Å². The number of fused-ring (bicyclic) bond motifs is 1. The summed E-state index contributed by atoms with van der Waals surface area (Å²) in [5.41, 5.74) is 5.07. The Hall–Kier alpha value is -3.98. The van der Waals surface area contributed by atoms with E-state index in [-0.39, 0.29) is 6.04 Å². The minimum absolute atomic E-state index is 0.231. The zero-order chi connectivity index (χ0) is 25.7. The van der Waals surface area contributed by atoms with Crippen molar-refractivity contribution >= 4 is 0 Å². The van der Waals surface area contributed by atoms with Gasteiger partial charge in [0.15, 0.2) is 5.82 Å². The molecule has 1 saturated heterocycles. The van der Waals surface area contributed by atoms with E-state index in [1.165, 1.54) is 11.1 Å². The van der Waals surface area contributed by atoms with Gasteiger partial charge >= 0.3 is 0 Å². The number of nitrogens with zero attached hydrogens (tertiary/aromatic N) is 7. The van der Waals surface area contributed by atoms with Gasteiger partial charge in [0.2, 0.25) is 0 Å². The topological polar surface area (TPSA) is 83.2 Å². The Morgan fingerprint density at radius 2 is 1.37 bits per heavy atom. The maximum atomic E-state index is 11.0. The van der Waals surface area contributed by atoms with Gasteiger partial charge in [-0.05, 0) is 23.3 Å². The van der Waals surface area contributed by atoms with Crippen LogP contribution in [0.1, 0.15) is 17.2 Å². The molecule has 0 unspecified atom stereocenters. The molecule has 1 fully saturated rings. The molecule has 2 aromatic carbocycles. The monoisotopic (exact) mass is 505 g/mol. The highest BCUT2D eigenvalue weighted by Crippen LogP contribution is 2.30. The Bertz CT molecular complexity index is 1360. The van der Waals surface area contributed by atoms with Crippen LogP contribution in [0.15, 0.2) is 97.8 Å². The molecule has 0 aliphatic carbocycles. The highest BCUT2D eigenvalue weighted by Gasteiger charge is 2.27. The first kappa shape index (κ1) is 24.4. The zero-order valence-electron chi connectivity index (χ0n) is 21.2. The van der Waals surface area contributed by atoms with Crippen LogP contribution in [-0.4, -0.2) is 78.2 Å². The molecule has 4 heterocycles. The Balaban J connectivity index is 1.10.